The molecule has 3 aromatic rings. The number of carbonyl (C=O) groups is 2. The number of hydrogen-bond donors (Lipinski definition) is 1. The number of aromatic nitrogens is 3. The van der Waals surface area contributed by atoms with E-state index >= 15 is 0 Å². The quantitative estimate of drug-likeness (QED) is 0.706. The van der Waals surface area contributed by atoms with Crippen LogP contribution in [0.1, 0.15) is 10.5 Å². The molecule has 0 radical (unpaired) electrons. The maximum absolute atomic E-state index is 13.6. The van der Waals surface area contributed by atoms with Gasteiger partial charge in [0, 0.05) is 11.8 Å². The van der Waals surface area contributed by atoms with E-state index in [4.69, 9.17) is 16.3 Å². The summed E-state index contributed by atoms with van der Waals surface area (Å²) in [7, 11) is 1.52. The lowest BCUT2D eigenvalue weighted by atomic mass is 10.2. The highest BCUT2D eigenvalue weighted by Gasteiger charge is 2.27. The van der Waals surface area contributed by atoms with E-state index in [0.29, 0.717) is 22.7 Å². The van der Waals surface area contributed by atoms with Gasteiger partial charge in [-0.15, -0.1) is 0 Å². The van der Waals surface area contributed by atoms with Gasteiger partial charge in [0.1, 0.15) is 18.1 Å². The van der Waals surface area contributed by atoms with Crippen LogP contribution in [0.15, 0.2) is 42.7 Å². The summed E-state index contributed by atoms with van der Waals surface area (Å²) in [5, 5.41) is 6.89. The van der Waals surface area contributed by atoms with E-state index in [9.17, 15) is 14.0 Å². The number of hydrogen-bond acceptors (Lipinski definition) is 5. The number of nitrogens with one attached hydrogen (secondary N) is 1. The van der Waals surface area contributed by atoms with Crippen molar-refractivity contribution in [3.63, 3.8) is 0 Å². The molecule has 1 saturated heterocycles. The number of ether oxygens (including phenoxy) is 1. The third-order valence-electron chi connectivity index (χ3n) is 4.41. The average Bonchev–Trinajstić information content (AvgIpc) is 3.36. The lowest BCUT2D eigenvalue weighted by molar-refractivity contribution is -0.118. The molecule has 0 bridgehead atoms. The minimum atomic E-state index is -0.565. The summed E-state index contributed by atoms with van der Waals surface area (Å²) in [4.78, 5) is 29.7. The van der Waals surface area contributed by atoms with Crippen molar-refractivity contribution in [3.8, 4) is 22.7 Å². The molecule has 3 heterocycles. The van der Waals surface area contributed by atoms with E-state index in [0.717, 1.165) is 0 Å². The number of rotatable bonds is 4. The second-order valence-electron chi connectivity index (χ2n) is 6.30. The largest absolute Gasteiger partial charge is 0.495 e. The van der Waals surface area contributed by atoms with Gasteiger partial charge in [-0.3, -0.25) is 14.6 Å². The lowest BCUT2D eigenvalue weighted by Crippen LogP contribution is -2.30. The second-order valence-corrected chi connectivity index (χ2v) is 6.71. The number of halogens is 2. The van der Waals surface area contributed by atoms with Gasteiger partial charge in [0.25, 0.3) is 5.91 Å². The first-order chi connectivity index (χ1) is 14.0. The van der Waals surface area contributed by atoms with Crippen LogP contribution in [0.5, 0.6) is 5.75 Å². The summed E-state index contributed by atoms with van der Waals surface area (Å²) in [5.74, 6) is -0.688. The molecule has 10 heteroatoms. The van der Waals surface area contributed by atoms with Crippen LogP contribution in [0.3, 0.4) is 0 Å². The van der Waals surface area contributed by atoms with Gasteiger partial charge in [-0.1, -0.05) is 11.6 Å². The molecule has 8 nitrogen and oxygen atoms in total. The zero-order valence-corrected chi connectivity index (χ0v) is 16.0. The van der Waals surface area contributed by atoms with E-state index in [1.54, 1.807) is 24.5 Å². The van der Waals surface area contributed by atoms with Crippen molar-refractivity contribution in [2.24, 2.45) is 0 Å². The molecule has 2 aromatic heterocycles. The molecular weight excluding hydrogens is 401 g/mol. The SMILES string of the molecule is COc1cncc(-c2cc(C(=O)N3CNC(=O)C3)nn2-c2ccc(F)c(Cl)c2)c1. The van der Waals surface area contributed by atoms with Gasteiger partial charge in [-0.2, -0.15) is 5.10 Å². The van der Waals surface area contributed by atoms with Crippen LogP contribution in [0.25, 0.3) is 16.9 Å². The molecule has 1 aliphatic heterocycles. The topological polar surface area (TPSA) is 89.3 Å². The molecule has 2 amide bonds. The number of pyridine rings is 1. The summed E-state index contributed by atoms with van der Waals surface area (Å²) >= 11 is 5.93. The molecule has 1 N–H and O–H groups in total. The maximum atomic E-state index is 13.6. The normalized spacial score (nSPS) is 13.5. The monoisotopic (exact) mass is 415 g/mol. The summed E-state index contributed by atoms with van der Waals surface area (Å²) < 4.78 is 20.3. The van der Waals surface area contributed by atoms with Crippen molar-refractivity contribution in [2.45, 2.75) is 0 Å². The smallest absolute Gasteiger partial charge is 0.276 e. The van der Waals surface area contributed by atoms with E-state index in [1.165, 1.54) is 34.9 Å². The van der Waals surface area contributed by atoms with Crippen molar-refractivity contribution in [1.29, 1.82) is 0 Å². The fourth-order valence-corrected chi connectivity index (χ4v) is 3.12. The van der Waals surface area contributed by atoms with E-state index in [2.05, 4.69) is 15.4 Å². The van der Waals surface area contributed by atoms with Gasteiger partial charge in [-0.05, 0) is 30.3 Å². The van der Waals surface area contributed by atoms with Crippen molar-refractivity contribution in [3.05, 3.63) is 59.3 Å². The summed E-state index contributed by atoms with van der Waals surface area (Å²) in [6.45, 7) is 0.0765. The van der Waals surface area contributed by atoms with Gasteiger partial charge in [-0.25, -0.2) is 9.07 Å². The Bertz CT molecular complexity index is 1120. The molecule has 148 valence electrons. The maximum Gasteiger partial charge on any atom is 0.276 e. The molecule has 1 aliphatic rings. The van der Waals surface area contributed by atoms with Crippen LogP contribution >= 0.6 is 11.6 Å². The summed E-state index contributed by atoms with van der Waals surface area (Å²) in [6, 6.07) is 7.45. The molecule has 1 aromatic carbocycles. The van der Waals surface area contributed by atoms with Gasteiger partial charge in [0.2, 0.25) is 5.91 Å². The Labute approximate surface area is 169 Å². The fraction of sp³-hybridized carbons (Fsp3) is 0.158. The van der Waals surface area contributed by atoms with Gasteiger partial charge < -0.3 is 15.0 Å². The highest BCUT2D eigenvalue weighted by molar-refractivity contribution is 6.30. The number of benzene rings is 1. The van der Waals surface area contributed by atoms with E-state index in [1.807, 2.05) is 0 Å². The molecule has 0 unspecified atom stereocenters. The molecule has 0 saturated carbocycles. The molecule has 4 rings (SSSR count). The van der Waals surface area contributed by atoms with Crippen molar-refractivity contribution < 1.29 is 18.7 Å². The van der Waals surface area contributed by atoms with Gasteiger partial charge in [0.15, 0.2) is 5.69 Å². The Morgan fingerprint density at radius 2 is 2.10 bits per heavy atom. The molecule has 0 atom stereocenters. The molecule has 1 fully saturated rings. The van der Waals surface area contributed by atoms with Crippen molar-refractivity contribution >= 4 is 23.4 Å². The van der Waals surface area contributed by atoms with Crippen LogP contribution in [0.2, 0.25) is 5.02 Å². The third kappa shape index (κ3) is 3.64. The van der Waals surface area contributed by atoms with E-state index in [-0.39, 0.29) is 29.8 Å². The first kappa shape index (κ1) is 18.9. The fourth-order valence-electron chi connectivity index (χ4n) is 2.95. The Kier molecular flexibility index (Phi) is 4.89. The summed E-state index contributed by atoms with van der Waals surface area (Å²) in [6.07, 6.45) is 3.14. The highest BCUT2D eigenvalue weighted by Crippen LogP contribution is 2.28. The zero-order chi connectivity index (χ0) is 20.5. The summed E-state index contributed by atoms with van der Waals surface area (Å²) in [5.41, 5.74) is 1.75. The Balaban J connectivity index is 1.83. The molecule has 29 heavy (non-hydrogen) atoms. The minimum Gasteiger partial charge on any atom is -0.495 e. The van der Waals surface area contributed by atoms with Crippen molar-refractivity contribution in [2.75, 3.05) is 20.3 Å². The van der Waals surface area contributed by atoms with Crippen LogP contribution in [-0.4, -0.2) is 51.8 Å². The van der Waals surface area contributed by atoms with Crippen LogP contribution in [-0.2, 0) is 4.79 Å². The number of carbonyl (C=O) groups excluding carboxylic acids is 2. The first-order valence-electron chi connectivity index (χ1n) is 8.57. The Morgan fingerprint density at radius 1 is 1.28 bits per heavy atom. The Morgan fingerprint density at radius 3 is 2.79 bits per heavy atom. The lowest BCUT2D eigenvalue weighted by Gasteiger charge is -2.10. The standard InChI is InChI=1S/C19H15ClFN5O3/c1-29-13-4-11(7-22-8-13)17-6-16(19(28)25-9-18(27)23-10-25)24-26(17)12-2-3-15(21)14(20)5-12/h2-8H,9-10H2,1H3,(H,23,27). The third-order valence-corrected chi connectivity index (χ3v) is 4.70. The molecule has 0 spiro atoms. The molecular formula is C19H15ClFN5O3. The van der Waals surface area contributed by atoms with Crippen LogP contribution in [0.4, 0.5) is 4.39 Å². The second kappa shape index (κ2) is 7.51. The highest BCUT2D eigenvalue weighted by atomic mass is 35.5. The number of methoxy groups -OCH3 is 1. The number of nitrogens with zero attached hydrogens (tertiary/aromatic N) is 4. The predicted octanol–water partition coefficient (Wildman–Crippen LogP) is 2.26. The zero-order valence-electron chi connectivity index (χ0n) is 15.2. The first-order valence-corrected chi connectivity index (χ1v) is 8.95. The number of amides is 2. The van der Waals surface area contributed by atoms with Crippen LogP contribution in [0, 0.1) is 5.82 Å². The van der Waals surface area contributed by atoms with Gasteiger partial charge >= 0.3 is 0 Å². The van der Waals surface area contributed by atoms with Crippen molar-refractivity contribution in [1.82, 2.24) is 25.0 Å². The Hall–Kier alpha value is -3.46. The van der Waals surface area contributed by atoms with Crippen LogP contribution < -0.4 is 10.1 Å². The van der Waals surface area contributed by atoms with Gasteiger partial charge in [0.05, 0.1) is 36.4 Å². The average molecular weight is 416 g/mol. The minimum absolute atomic E-state index is 0.0376. The molecule has 0 aliphatic carbocycles. The predicted molar refractivity (Wildman–Crippen MR) is 102 cm³/mol. The van der Waals surface area contributed by atoms with E-state index < -0.39 is 11.7 Å².